The van der Waals surface area contributed by atoms with E-state index in [1.807, 2.05) is 26.8 Å². The molecule has 0 heterocycles. The van der Waals surface area contributed by atoms with Crippen LogP contribution in [0.5, 0.6) is 0 Å². The number of hydrogen-bond acceptors (Lipinski definition) is 3. The average molecular weight is 185 g/mol. The molecule has 0 aliphatic heterocycles. The van der Waals surface area contributed by atoms with Gasteiger partial charge in [-0.25, -0.2) is 0 Å². The largest absolute Gasteiger partial charge is 0.465 e. The van der Waals surface area contributed by atoms with E-state index in [4.69, 9.17) is 10.5 Å². The molecule has 0 bridgehead atoms. The van der Waals surface area contributed by atoms with Crippen molar-refractivity contribution in [3.8, 4) is 0 Å². The highest BCUT2D eigenvalue weighted by Gasteiger charge is 2.12. The maximum atomic E-state index is 11.1. The van der Waals surface area contributed by atoms with Crippen LogP contribution in [0.3, 0.4) is 0 Å². The summed E-state index contributed by atoms with van der Waals surface area (Å²) in [5, 5.41) is 0. The molecule has 3 nitrogen and oxygen atoms in total. The summed E-state index contributed by atoms with van der Waals surface area (Å²) in [4.78, 5) is 11.1. The molecule has 0 amide bonds. The van der Waals surface area contributed by atoms with E-state index in [0.29, 0.717) is 6.61 Å². The first-order chi connectivity index (χ1) is 5.87. The van der Waals surface area contributed by atoms with Gasteiger partial charge in [0.15, 0.2) is 0 Å². The van der Waals surface area contributed by atoms with Crippen molar-refractivity contribution in [3.63, 3.8) is 0 Å². The molecule has 0 saturated carbocycles. The number of esters is 1. The summed E-state index contributed by atoms with van der Waals surface area (Å²) in [6.07, 6.45) is 3.59. The first-order valence-electron chi connectivity index (χ1n) is 4.48. The highest BCUT2D eigenvalue weighted by atomic mass is 16.5. The fourth-order valence-corrected chi connectivity index (χ4v) is 0.709. The van der Waals surface area contributed by atoms with Crippen LogP contribution in [-0.2, 0) is 9.53 Å². The third-order valence-corrected chi connectivity index (χ3v) is 1.36. The highest BCUT2D eigenvalue weighted by Crippen LogP contribution is 2.14. The molecule has 1 atom stereocenters. The second-order valence-corrected chi connectivity index (χ2v) is 4.00. The molecule has 0 aliphatic rings. The lowest BCUT2D eigenvalue weighted by molar-refractivity contribution is -0.143. The van der Waals surface area contributed by atoms with Gasteiger partial charge >= 0.3 is 5.97 Å². The van der Waals surface area contributed by atoms with Crippen molar-refractivity contribution in [3.05, 3.63) is 12.2 Å². The molecule has 0 fully saturated rings. The Hall–Kier alpha value is -0.830. The Kier molecular flexibility index (Phi) is 4.70. The zero-order chi connectivity index (χ0) is 10.5. The fraction of sp³-hybridized carbons (Fsp3) is 0.700. The number of carbonyl (C=O) groups excluding carboxylic acids is 1. The standard InChI is InChI=1S/C10H19NO2/c1-5-13-9(12)8(11)6-7-10(2,3)4/h6-8H,5,11H2,1-4H3. The summed E-state index contributed by atoms with van der Waals surface area (Å²) in [6.45, 7) is 8.26. The molecule has 0 aromatic rings. The van der Waals surface area contributed by atoms with E-state index in [1.54, 1.807) is 13.0 Å². The van der Waals surface area contributed by atoms with Gasteiger partial charge in [-0.15, -0.1) is 0 Å². The quantitative estimate of drug-likeness (QED) is 0.535. The van der Waals surface area contributed by atoms with E-state index in [9.17, 15) is 4.79 Å². The van der Waals surface area contributed by atoms with Gasteiger partial charge in [0.1, 0.15) is 6.04 Å². The van der Waals surface area contributed by atoms with E-state index in [0.717, 1.165) is 0 Å². The molecule has 0 rings (SSSR count). The predicted molar refractivity (Wildman–Crippen MR) is 53.2 cm³/mol. The highest BCUT2D eigenvalue weighted by molar-refractivity contribution is 5.77. The van der Waals surface area contributed by atoms with Crippen molar-refractivity contribution in [1.29, 1.82) is 0 Å². The monoisotopic (exact) mass is 185 g/mol. The van der Waals surface area contributed by atoms with Crippen LogP contribution < -0.4 is 5.73 Å². The predicted octanol–water partition coefficient (Wildman–Crippen LogP) is 1.48. The Morgan fingerprint density at radius 2 is 2.08 bits per heavy atom. The second-order valence-electron chi connectivity index (χ2n) is 4.00. The lowest BCUT2D eigenvalue weighted by atomic mass is 9.95. The lowest BCUT2D eigenvalue weighted by Crippen LogP contribution is -2.30. The van der Waals surface area contributed by atoms with E-state index in [2.05, 4.69) is 0 Å². The molecule has 1 unspecified atom stereocenters. The van der Waals surface area contributed by atoms with E-state index >= 15 is 0 Å². The van der Waals surface area contributed by atoms with Crippen LogP contribution in [0.15, 0.2) is 12.2 Å². The van der Waals surface area contributed by atoms with Gasteiger partial charge in [-0.2, -0.15) is 0 Å². The average Bonchev–Trinajstić information content (AvgIpc) is 1.99. The van der Waals surface area contributed by atoms with Crippen molar-refractivity contribution in [2.75, 3.05) is 6.61 Å². The lowest BCUT2D eigenvalue weighted by Gasteiger charge is -2.12. The molecule has 0 aromatic carbocycles. The minimum Gasteiger partial charge on any atom is -0.465 e. The van der Waals surface area contributed by atoms with Crippen LogP contribution in [0.25, 0.3) is 0 Å². The molecule has 0 aromatic heterocycles. The van der Waals surface area contributed by atoms with Gasteiger partial charge in [-0.3, -0.25) is 4.79 Å². The third kappa shape index (κ3) is 6.34. The first kappa shape index (κ1) is 12.2. The van der Waals surface area contributed by atoms with E-state index in [-0.39, 0.29) is 11.4 Å². The number of nitrogens with two attached hydrogens (primary N) is 1. The number of carbonyl (C=O) groups is 1. The number of ether oxygens (including phenoxy) is 1. The van der Waals surface area contributed by atoms with Gasteiger partial charge in [-0.1, -0.05) is 32.9 Å². The summed E-state index contributed by atoms with van der Waals surface area (Å²) < 4.78 is 4.75. The summed E-state index contributed by atoms with van der Waals surface area (Å²) in [5.74, 6) is -0.372. The smallest absolute Gasteiger partial charge is 0.326 e. The maximum Gasteiger partial charge on any atom is 0.326 e. The molecule has 0 saturated heterocycles. The molecule has 0 radical (unpaired) electrons. The zero-order valence-electron chi connectivity index (χ0n) is 8.83. The van der Waals surface area contributed by atoms with Crippen molar-refractivity contribution in [1.82, 2.24) is 0 Å². The van der Waals surface area contributed by atoms with Crippen LogP contribution in [-0.4, -0.2) is 18.6 Å². The SMILES string of the molecule is CCOC(=O)C(N)C=CC(C)(C)C. The molecule has 13 heavy (non-hydrogen) atoms. The van der Waals surface area contributed by atoms with Crippen LogP contribution in [0.4, 0.5) is 0 Å². The second kappa shape index (κ2) is 5.02. The molecule has 3 heteroatoms. The summed E-state index contributed by atoms with van der Waals surface area (Å²) in [7, 11) is 0. The zero-order valence-corrected chi connectivity index (χ0v) is 8.83. The molecule has 76 valence electrons. The number of rotatable bonds is 3. The Morgan fingerprint density at radius 3 is 2.46 bits per heavy atom. The van der Waals surface area contributed by atoms with Gasteiger partial charge in [0.05, 0.1) is 6.61 Å². The van der Waals surface area contributed by atoms with Gasteiger partial charge in [0.25, 0.3) is 0 Å². The Morgan fingerprint density at radius 1 is 1.54 bits per heavy atom. The van der Waals surface area contributed by atoms with Crippen LogP contribution in [0, 0.1) is 5.41 Å². The van der Waals surface area contributed by atoms with Gasteiger partial charge < -0.3 is 10.5 Å². The summed E-state index contributed by atoms with van der Waals surface area (Å²) in [5.41, 5.74) is 5.59. The Balaban J connectivity index is 4.07. The third-order valence-electron chi connectivity index (χ3n) is 1.36. The minimum atomic E-state index is -0.640. The molecular weight excluding hydrogens is 166 g/mol. The van der Waals surface area contributed by atoms with Crippen LogP contribution in [0.1, 0.15) is 27.7 Å². The van der Waals surface area contributed by atoms with Gasteiger partial charge in [0.2, 0.25) is 0 Å². The summed E-state index contributed by atoms with van der Waals surface area (Å²) >= 11 is 0. The van der Waals surface area contributed by atoms with Crippen molar-refractivity contribution < 1.29 is 9.53 Å². The molecular formula is C10H19NO2. The normalized spacial score (nSPS) is 14.5. The van der Waals surface area contributed by atoms with Crippen LogP contribution in [0.2, 0.25) is 0 Å². The van der Waals surface area contributed by atoms with E-state index in [1.165, 1.54) is 0 Å². The topological polar surface area (TPSA) is 52.3 Å². The van der Waals surface area contributed by atoms with Crippen molar-refractivity contribution >= 4 is 5.97 Å². The molecule has 2 N–H and O–H groups in total. The van der Waals surface area contributed by atoms with Gasteiger partial charge in [-0.05, 0) is 12.3 Å². The van der Waals surface area contributed by atoms with Crippen molar-refractivity contribution in [2.24, 2.45) is 11.1 Å². The molecule has 0 spiro atoms. The minimum absolute atomic E-state index is 0.0457. The first-order valence-corrected chi connectivity index (χ1v) is 4.48. The Bertz CT molecular complexity index is 192. The maximum absolute atomic E-state index is 11.1. The molecule has 0 aliphatic carbocycles. The van der Waals surface area contributed by atoms with Crippen molar-refractivity contribution in [2.45, 2.75) is 33.7 Å². The number of hydrogen-bond donors (Lipinski definition) is 1. The van der Waals surface area contributed by atoms with E-state index < -0.39 is 6.04 Å². The number of allylic oxidation sites excluding steroid dienone is 1. The Labute approximate surface area is 79.9 Å². The van der Waals surface area contributed by atoms with Crippen LogP contribution >= 0.6 is 0 Å². The summed E-state index contributed by atoms with van der Waals surface area (Å²) in [6, 6.07) is -0.640. The fourth-order valence-electron chi connectivity index (χ4n) is 0.709. The van der Waals surface area contributed by atoms with Gasteiger partial charge in [0, 0.05) is 0 Å².